The molecule has 0 radical (unpaired) electrons. The molecule has 0 N–H and O–H groups in total. The van der Waals surface area contributed by atoms with Crippen LogP contribution in [-0.4, -0.2) is 30.1 Å². The highest BCUT2D eigenvalue weighted by Gasteiger charge is 2.37. The maximum atomic E-state index is 13.4. The fraction of sp³-hybridized carbons (Fsp3) is 0.400. The Morgan fingerprint density at radius 2 is 1.93 bits per heavy atom. The summed E-state index contributed by atoms with van der Waals surface area (Å²) in [7, 11) is 1.72. The van der Waals surface area contributed by atoms with E-state index in [4.69, 9.17) is 13.9 Å². The number of hydrogen-bond acceptors (Lipinski definition) is 4. The highest BCUT2D eigenvalue weighted by molar-refractivity contribution is 6.00. The predicted molar refractivity (Wildman–Crippen MR) is 115 cm³/mol. The Morgan fingerprint density at radius 1 is 1.17 bits per heavy atom. The number of rotatable bonds is 2. The van der Waals surface area contributed by atoms with E-state index >= 15 is 0 Å². The molecule has 5 heteroatoms. The highest BCUT2D eigenvalue weighted by Crippen LogP contribution is 2.46. The Bertz CT molecular complexity index is 1140. The van der Waals surface area contributed by atoms with Crippen LogP contribution in [0, 0.1) is 6.92 Å². The number of amides is 1. The Morgan fingerprint density at radius 3 is 2.70 bits per heavy atom. The van der Waals surface area contributed by atoms with Gasteiger partial charge in [0.15, 0.2) is 5.76 Å². The van der Waals surface area contributed by atoms with Crippen LogP contribution in [0.4, 0.5) is 0 Å². The lowest BCUT2D eigenvalue weighted by atomic mass is 9.88. The summed E-state index contributed by atoms with van der Waals surface area (Å²) in [5.74, 6) is 1.16. The van der Waals surface area contributed by atoms with Gasteiger partial charge in [0.25, 0.3) is 5.91 Å². The molecule has 2 aliphatic rings. The van der Waals surface area contributed by atoms with Crippen molar-refractivity contribution >= 4 is 16.9 Å². The van der Waals surface area contributed by atoms with Crippen LogP contribution in [0.1, 0.15) is 59.2 Å². The van der Waals surface area contributed by atoms with E-state index in [1.165, 1.54) is 11.1 Å². The lowest BCUT2D eigenvalue weighted by Crippen LogP contribution is -2.36. The Kier molecular flexibility index (Phi) is 4.40. The number of nitrogens with zero attached hydrogens (tertiary/aromatic N) is 1. The second kappa shape index (κ2) is 6.88. The molecular formula is C25H27NO4. The topological polar surface area (TPSA) is 51.9 Å². The SMILES string of the molecule is COC1CC(C)(C)Oc2ccc3oc(C(=O)N4CCc5ccccc5C4)c(C)c3c21. The van der Waals surface area contributed by atoms with Gasteiger partial charge < -0.3 is 18.8 Å². The molecule has 2 aromatic carbocycles. The first-order chi connectivity index (χ1) is 14.4. The van der Waals surface area contributed by atoms with E-state index in [1.807, 2.05) is 30.0 Å². The van der Waals surface area contributed by atoms with Gasteiger partial charge in [0, 0.05) is 43.1 Å². The van der Waals surface area contributed by atoms with Crippen molar-refractivity contribution in [3.05, 3.63) is 64.4 Å². The maximum absolute atomic E-state index is 13.4. The van der Waals surface area contributed by atoms with Crippen molar-refractivity contribution in [1.82, 2.24) is 4.90 Å². The van der Waals surface area contributed by atoms with Crippen molar-refractivity contribution in [3.8, 4) is 5.75 Å². The van der Waals surface area contributed by atoms with Crippen molar-refractivity contribution < 1.29 is 18.7 Å². The molecular weight excluding hydrogens is 378 g/mol. The smallest absolute Gasteiger partial charge is 0.290 e. The van der Waals surface area contributed by atoms with Crippen molar-refractivity contribution in [2.75, 3.05) is 13.7 Å². The third-order valence-corrected chi connectivity index (χ3v) is 6.38. The van der Waals surface area contributed by atoms with Crippen LogP contribution < -0.4 is 4.74 Å². The van der Waals surface area contributed by atoms with Gasteiger partial charge in [-0.1, -0.05) is 24.3 Å². The number of hydrogen-bond donors (Lipinski definition) is 0. The van der Waals surface area contributed by atoms with E-state index in [9.17, 15) is 4.79 Å². The molecule has 1 amide bonds. The highest BCUT2D eigenvalue weighted by atomic mass is 16.5. The largest absolute Gasteiger partial charge is 0.487 e. The quantitative estimate of drug-likeness (QED) is 0.589. The zero-order chi connectivity index (χ0) is 21.0. The molecule has 0 aliphatic carbocycles. The summed E-state index contributed by atoms with van der Waals surface area (Å²) in [4.78, 5) is 15.3. The van der Waals surface area contributed by atoms with E-state index in [0.717, 1.165) is 35.1 Å². The molecule has 0 spiro atoms. The number of ether oxygens (including phenoxy) is 2. The summed E-state index contributed by atoms with van der Waals surface area (Å²) in [6, 6.07) is 12.1. The lowest BCUT2D eigenvalue weighted by molar-refractivity contribution is -0.00978. The van der Waals surface area contributed by atoms with E-state index < -0.39 is 0 Å². The number of fused-ring (bicyclic) bond motifs is 4. The monoisotopic (exact) mass is 405 g/mol. The van der Waals surface area contributed by atoms with E-state index in [1.54, 1.807) is 7.11 Å². The van der Waals surface area contributed by atoms with Gasteiger partial charge in [0.1, 0.15) is 16.9 Å². The fourth-order valence-corrected chi connectivity index (χ4v) is 4.87. The molecule has 3 aromatic rings. The summed E-state index contributed by atoms with van der Waals surface area (Å²) >= 11 is 0. The van der Waals surface area contributed by atoms with Gasteiger partial charge in [-0.25, -0.2) is 0 Å². The number of furan rings is 1. The van der Waals surface area contributed by atoms with Gasteiger partial charge in [-0.2, -0.15) is 0 Å². The van der Waals surface area contributed by atoms with Gasteiger partial charge in [-0.15, -0.1) is 0 Å². The predicted octanol–water partition coefficient (Wildman–Crippen LogP) is 5.19. The number of aryl methyl sites for hydroxylation is 1. The summed E-state index contributed by atoms with van der Waals surface area (Å²) in [5.41, 5.74) is 4.77. The third kappa shape index (κ3) is 3.00. The second-order valence-corrected chi connectivity index (χ2v) is 8.94. The molecule has 1 atom stereocenters. The standard InChI is InChI=1S/C25H27NO4/c1-15-21-18(9-10-19-22(21)20(28-4)13-25(2,3)30-19)29-23(15)24(27)26-12-11-16-7-5-6-8-17(16)14-26/h5-10,20H,11-14H2,1-4H3. The third-order valence-electron chi connectivity index (χ3n) is 6.38. The number of carbonyl (C=O) groups is 1. The number of benzene rings is 2. The van der Waals surface area contributed by atoms with Crippen molar-refractivity contribution in [1.29, 1.82) is 0 Å². The molecule has 1 aromatic heterocycles. The summed E-state index contributed by atoms with van der Waals surface area (Å²) in [5, 5.41) is 0.940. The van der Waals surface area contributed by atoms with Crippen molar-refractivity contribution in [2.45, 2.75) is 51.9 Å². The van der Waals surface area contributed by atoms with Gasteiger partial charge in [-0.05, 0) is 50.5 Å². The molecule has 5 rings (SSSR count). The van der Waals surface area contributed by atoms with Crippen LogP contribution in [0.15, 0.2) is 40.8 Å². The lowest BCUT2D eigenvalue weighted by Gasteiger charge is -2.37. The molecule has 0 saturated carbocycles. The molecule has 30 heavy (non-hydrogen) atoms. The number of carbonyl (C=O) groups excluding carboxylic acids is 1. The Labute approximate surface area is 176 Å². The normalized spacial score (nSPS) is 19.9. The second-order valence-electron chi connectivity index (χ2n) is 8.94. The van der Waals surface area contributed by atoms with E-state index in [0.29, 0.717) is 24.4 Å². The summed E-state index contributed by atoms with van der Waals surface area (Å²) in [6.45, 7) is 7.41. The average molecular weight is 405 g/mol. The minimum atomic E-state index is -0.307. The average Bonchev–Trinajstić information content (AvgIpc) is 3.08. The minimum absolute atomic E-state index is 0.0574. The van der Waals surface area contributed by atoms with Crippen molar-refractivity contribution in [3.63, 3.8) is 0 Å². The minimum Gasteiger partial charge on any atom is -0.487 e. The van der Waals surface area contributed by atoms with Gasteiger partial charge >= 0.3 is 0 Å². The van der Waals surface area contributed by atoms with E-state index in [-0.39, 0.29) is 17.6 Å². The maximum Gasteiger partial charge on any atom is 0.290 e. The van der Waals surface area contributed by atoms with E-state index in [2.05, 4.69) is 32.0 Å². The molecule has 0 saturated heterocycles. The van der Waals surface area contributed by atoms with Crippen LogP contribution >= 0.6 is 0 Å². The molecule has 3 heterocycles. The Balaban J connectivity index is 1.56. The summed E-state index contributed by atoms with van der Waals surface area (Å²) < 4.78 is 18.2. The molecule has 2 aliphatic heterocycles. The molecule has 0 bridgehead atoms. The van der Waals surface area contributed by atoms with Gasteiger partial charge in [0.05, 0.1) is 6.10 Å². The molecule has 5 nitrogen and oxygen atoms in total. The Hall–Kier alpha value is -2.79. The molecule has 1 unspecified atom stereocenters. The first-order valence-electron chi connectivity index (χ1n) is 10.5. The molecule has 156 valence electrons. The summed E-state index contributed by atoms with van der Waals surface area (Å²) in [6.07, 6.45) is 1.51. The fourth-order valence-electron chi connectivity index (χ4n) is 4.87. The van der Waals surface area contributed by atoms with Crippen LogP contribution in [0.25, 0.3) is 11.0 Å². The van der Waals surface area contributed by atoms with Crippen molar-refractivity contribution in [2.24, 2.45) is 0 Å². The zero-order valence-corrected chi connectivity index (χ0v) is 18.0. The van der Waals surface area contributed by atoms with Gasteiger partial charge in [-0.3, -0.25) is 4.79 Å². The van der Waals surface area contributed by atoms with Crippen LogP contribution in [0.2, 0.25) is 0 Å². The number of methoxy groups -OCH3 is 1. The first-order valence-corrected chi connectivity index (χ1v) is 10.5. The van der Waals surface area contributed by atoms with Gasteiger partial charge in [0.2, 0.25) is 0 Å². The van der Waals surface area contributed by atoms with Crippen LogP contribution in [0.3, 0.4) is 0 Å². The van der Waals surface area contributed by atoms with Crippen LogP contribution in [0.5, 0.6) is 5.75 Å². The first kappa shape index (κ1) is 19.2. The van der Waals surface area contributed by atoms with Crippen LogP contribution in [-0.2, 0) is 17.7 Å². The molecule has 0 fully saturated rings. The zero-order valence-electron chi connectivity index (χ0n) is 18.0.